The Kier molecular flexibility index (Phi) is 6.29. The van der Waals surface area contributed by atoms with Crippen molar-refractivity contribution in [3.63, 3.8) is 0 Å². The van der Waals surface area contributed by atoms with Crippen molar-refractivity contribution in [3.05, 3.63) is 95.2 Å². The summed E-state index contributed by atoms with van der Waals surface area (Å²) in [6.07, 6.45) is 1.94. The Morgan fingerprint density at radius 2 is 1.69 bits per heavy atom. The summed E-state index contributed by atoms with van der Waals surface area (Å²) in [6.45, 7) is 4.38. The molecule has 7 heteroatoms. The van der Waals surface area contributed by atoms with Crippen molar-refractivity contribution in [3.8, 4) is 5.75 Å². The number of ether oxygens (including phenoxy) is 1. The van der Waals surface area contributed by atoms with Crippen LogP contribution in [0.15, 0.2) is 75.6 Å². The first kappa shape index (κ1) is 23.4. The molecule has 1 N–H and O–H groups in total. The molecule has 36 heavy (non-hydrogen) atoms. The molecule has 0 aliphatic heterocycles. The highest BCUT2D eigenvalue weighted by Crippen LogP contribution is 2.35. The van der Waals surface area contributed by atoms with Crippen LogP contribution in [0.4, 0.5) is 10.1 Å². The molecule has 3 aromatic carbocycles. The molecule has 0 aliphatic carbocycles. The lowest BCUT2D eigenvalue weighted by atomic mass is 10.1. The smallest absolute Gasteiger partial charge is 0.259 e. The molecule has 2 aromatic heterocycles. The summed E-state index contributed by atoms with van der Waals surface area (Å²) in [5.41, 5.74) is 1.83. The summed E-state index contributed by atoms with van der Waals surface area (Å²) in [7, 11) is 0. The van der Waals surface area contributed by atoms with Crippen molar-refractivity contribution in [1.82, 2.24) is 0 Å². The molecule has 0 bridgehead atoms. The van der Waals surface area contributed by atoms with Crippen molar-refractivity contribution < 1.29 is 27.6 Å². The summed E-state index contributed by atoms with van der Waals surface area (Å²) in [5, 5.41) is 4.06. The second kappa shape index (κ2) is 9.70. The second-order valence-corrected chi connectivity index (χ2v) is 8.49. The van der Waals surface area contributed by atoms with E-state index in [1.54, 1.807) is 43.3 Å². The van der Waals surface area contributed by atoms with Gasteiger partial charge in [-0.2, -0.15) is 0 Å². The number of carbonyl (C=O) groups is 2. The lowest BCUT2D eigenvalue weighted by Crippen LogP contribution is -2.15. The van der Waals surface area contributed by atoms with Crippen LogP contribution in [0, 0.1) is 12.7 Å². The summed E-state index contributed by atoms with van der Waals surface area (Å²) in [4.78, 5) is 26.8. The van der Waals surface area contributed by atoms with E-state index in [9.17, 15) is 14.0 Å². The van der Waals surface area contributed by atoms with E-state index >= 15 is 0 Å². The predicted octanol–water partition coefficient (Wildman–Crippen LogP) is 7.29. The highest BCUT2D eigenvalue weighted by Gasteiger charge is 2.26. The minimum atomic E-state index is -0.470. The van der Waals surface area contributed by atoms with E-state index in [0.717, 1.165) is 12.8 Å². The number of amides is 1. The molecule has 0 spiro atoms. The molecule has 182 valence electrons. The minimum Gasteiger partial charge on any atom is -0.494 e. The van der Waals surface area contributed by atoms with E-state index in [1.807, 2.05) is 6.07 Å². The van der Waals surface area contributed by atoms with Gasteiger partial charge in [-0.05, 0) is 67.9 Å². The summed E-state index contributed by atoms with van der Waals surface area (Å²) < 4.78 is 30.9. The zero-order chi connectivity index (χ0) is 25.2. The molecule has 5 aromatic rings. The molecule has 0 aliphatic rings. The molecule has 0 unspecified atom stereocenters. The van der Waals surface area contributed by atoms with E-state index in [2.05, 4.69) is 12.2 Å². The van der Waals surface area contributed by atoms with Gasteiger partial charge >= 0.3 is 0 Å². The van der Waals surface area contributed by atoms with Crippen molar-refractivity contribution in [2.24, 2.45) is 0 Å². The van der Waals surface area contributed by atoms with Crippen LogP contribution in [0.25, 0.3) is 21.9 Å². The fraction of sp³-hybridized carbons (Fsp3) is 0.172. The van der Waals surface area contributed by atoms with Crippen LogP contribution in [0.3, 0.4) is 0 Å². The Bertz CT molecular complexity index is 1580. The molecule has 0 fully saturated rings. The highest BCUT2D eigenvalue weighted by molar-refractivity contribution is 6.21. The minimum absolute atomic E-state index is 0.0369. The molecular weight excluding hydrogens is 461 g/mol. The van der Waals surface area contributed by atoms with Gasteiger partial charge < -0.3 is 18.9 Å². The number of anilines is 1. The lowest BCUT2D eigenvalue weighted by Gasteiger charge is -2.07. The second-order valence-electron chi connectivity index (χ2n) is 8.49. The molecule has 0 atom stereocenters. The Morgan fingerprint density at radius 1 is 0.944 bits per heavy atom. The van der Waals surface area contributed by atoms with Gasteiger partial charge in [0.1, 0.15) is 28.5 Å². The average molecular weight is 486 g/mol. The van der Waals surface area contributed by atoms with E-state index in [0.29, 0.717) is 45.6 Å². The van der Waals surface area contributed by atoms with Gasteiger partial charge in [0.2, 0.25) is 5.78 Å². The lowest BCUT2D eigenvalue weighted by molar-refractivity contribution is 0.101. The third-order valence-electron chi connectivity index (χ3n) is 5.98. The van der Waals surface area contributed by atoms with Gasteiger partial charge in [0.15, 0.2) is 5.76 Å². The molecule has 0 saturated heterocycles. The Morgan fingerprint density at radius 3 is 2.47 bits per heavy atom. The topological polar surface area (TPSA) is 81.7 Å². The van der Waals surface area contributed by atoms with Crippen LogP contribution in [0.5, 0.6) is 5.75 Å². The highest BCUT2D eigenvalue weighted by atomic mass is 19.1. The quantitative estimate of drug-likeness (QED) is 0.184. The van der Waals surface area contributed by atoms with E-state index in [-0.39, 0.29) is 17.0 Å². The normalized spacial score (nSPS) is 11.2. The molecular formula is C29H24FNO5. The molecule has 6 nitrogen and oxygen atoms in total. The molecule has 0 radical (unpaired) electrons. The maximum atomic E-state index is 13.6. The SMILES string of the molecule is CCCCOc1ccc2oc(C)c(C(=O)Nc3c(C(=O)c4ccc(F)cc4)oc4ccccc34)c2c1. The Labute approximate surface area is 206 Å². The first-order valence-corrected chi connectivity index (χ1v) is 11.8. The van der Waals surface area contributed by atoms with Crippen molar-refractivity contribution in [2.45, 2.75) is 26.7 Å². The molecule has 1 amide bonds. The zero-order valence-electron chi connectivity index (χ0n) is 19.9. The van der Waals surface area contributed by atoms with Gasteiger partial charge in [-0.1, -0.05) is 25.5 Å². The van der Waals surface area contributed by atoms with Crippen LogP contribution in [-0.4, -0.2) is 18.3 Å². The molecule has 5 rings (SSSR count). The van der Waals surface area contributed by atoms with Crippen LogP contribution >= 0.6 is 0 Å². The van der Waals surface area contributed by atoms with Gasteiger partial charge in [-0.15, -0.1) is 0 Å². The predicted molar refractivity (Wildman–Crippen MR) is 135 cm³/mol. The average Bonchev–Trinajstić information content (AvgIpc) is 3.41. The van der Waals surface area contributed by atoms with Crippen molar-refractivity contribution in [2.75, 3.05) is 11.9 Å². The van der Waals surface area contributed by atoms with E-state index < -0.39 is 17.5 Å². The number of hydrogen-bond donors (Lipinski definition) is 1. The number of fused-ring (bicyclic) bond motifs is 2. The number of halogens is 1. The van der Waals surface area contributed by atoms with Crippen molar-refractivity contribution >= 4 is 39.3 Å². The maximum Gasteiger partial charge on any atom is 0.259 e. The van der Waals surface area contributed by atoms with Gasteiger partial charge in [0.05, 0.1) is 17.9 Å². The summed E-state index contributed by atoms with van der Waals surface area (Å²) in [6, 6.07) is 17.6. The third kappa shape index (κ3) is 4.35. The molecule has 2 heterocycles. The monoisotopic (exact) mass is 485 g/mol. The number of para-hydroxylation sites is 1. The van der Waals surface area contributed by atoms with Crippen LogP contribution < -0.4 is 10.1 Å². The molecule has 0 saturated carbocycles. The number of aryl methyl sites for hydroxylation is 1. The number of nitrogens with one attached hydrogen (secondary N) is 1. The van der Waals surface area contributed by atoms with Crippen LogP contribution in [-0.2, 0) is 0 Å². The van der Waals surface area contributed by atoms with Gasteiger partial charge in [0.25, 0.3) is 5.91 Å². The van der Waals surface area contributed by atoms with Gasteiger partial charge in [-0.3, -0.25) is 9.59 Å². The zero-order valence-corrected chi connectivity index (χ0v) is 19.9. The summed E-state index contributed by atoms with van der Waals surface area (Å²) in [5.74, 6) is -0.326. The number of benzene rings is 3. The number of carbonyl (C=O) groups excluding carboxylic acids is 2. The van der Waals surface area contributed by atoms with Crippen LogP contribution in [0.1, 0.15) is 52.0 Å². The number of rotatable bonds is 8. The first-order chi connectivity index (χ1) is 17.5. The fourth-order valence-electron chi connectivity index (χ4n) is 4.14. The number of unbranched alkanes of at least 4 members (excludes halogenated alkanes) is 1. The number of hydrogen-bond acceptors (Lipinski definition) is 5. The maximum absolute atomic E-state index is 13.6. The summed E-state index contributed by atoms with van der Waals surface area (Å²) >= 11 is 0. The van der Waals surface area contributed by atoms with E-state index in [1.165, 1.54) is 24.3 Å². The first-order valence-electron chi connectivity index (χ1n) is 11.8. The van der Waals surface area contributed by atoms with Gasteiger partial charge in [-0.25, -0.2) is 4.39 Å². The Balaban J connectivity index is 1.54. The third-order valence-corrected chi connectivity index (χ3v) is 5.98. The van der Waals surface area contributed by atoms with E-state index in [4.69, 9.17) is 13.6 Å². The standard InChI is InChI=1S/C29H24FNO5/c1-3-4-15-34-20-13-14-24-22(16-20)25(17(2)35-24)29(33)31-26-21-7-5-6-8-23(21)36-28(26)27(32)18-9-11-19(30)12-10-18/h5-14,16H,3-4,15H2,1-2H3,(H,31,33). The number of ketones is 1. The van der Waals surface area contributed by atoms with Crippen molar-refractivity contribution in [1.29, 1.82) is 0 Å². The largest absolute Gasteiger partial charge is 0.494 e. The number of furan rings is 2. The fourth-order valence-corrected chi connectivity index (χ4v) is 4.14. The van der Waals surface area contributed by atoms with Crippen LogP contribution in [0.2, 0.25) is 0 Å². The Hall–Kier alpha value is -4.39. The van der Waals surface area contributed by atoms with Gasteiger partial charge in [0, 0.05) is 16.3 Å².